The molecule has 0 atom stereocenters. The second-order valence-electron chi connectivity index (χ2n) is 2.45. The molecule has 0 radical (unpaired) electrons. The van der Waals surface area contributed by atoms with Gasteiger partial charge in [-0.15, -0.1) is 0 Å². The van der Waals surface area contributed by atoms with Gasteiger partial charge in [0.15, 0.2) is 0 Å². The van der Waals surface area contributed by atoms with E-state index in [0.717, 1.165) is 5.69 Å². The van der Waals surface area contributed by atoms with Gasteiger partial charge in [0.05, 0.1) is 18.9 Å². The number of rotatable bonds is 2. The molecule has 4 nitrogen and oxygen atoms in total. The summed E-state index contributed by atoms with van der Waals surface area (Å²) in [6, 6.07) is 7.30. The monoisotopic (exact) mass is 176 g/mol. The van der Waals surface area contributed by atoms with E-state index in [1.54, 1.807) is 12.3 Å². The molecular formula is C9H8N2O2. The zero-order chi connectivity index (χ0) is 9.10. The molecule has 2 aromatic rings. The van der Waals surface area contributed by atoms with Crippen LogP contribution in [0.25, 0.3) is 11.4 Å². The second kappa shape index (κ2) is 3.26. The minimum absolute atomic E-state index is 0.389. The Balaban J connectivity index is 2.36. The zero-order valence-corrected chi connectivity index (χ0v) is 7.10. The van der Waals surface area contributed by atoms with Crippen LogP contribution in [0.15, 0.2) is 35.0 Å². The molecule has 0 spiro atoms. The van der Waals surface area contributed by atoms with Gasteiger partial charge >= 0.3 is 5.95 Å². The van der Waals surface area contributed by atoms with Crippen LogP contribution < -0.4 is 4.74 Å². The summed E-state index contributed by atoms with van der Waals surface area (Å²) in [5.74, 6) is 0.389. The van der Waals surface area contributed by atoms with Crippen LogP contribution in [0.5, 0.6) is 5.95 Å². The van der Waals surface area contributed by atoms with Crippen molar-refractivity contribution in [2.75, 3.05) is 7.11 Å². The van der Waals surface area contributed by atoms with E-state index >= 15 is 0 Å². The molecule has 2 heterocycles. The summed E-state index contributed by atoms with van der Waals surface area (Å²) in [7, 11) is 1.53. The van der Waals surface area contributed by atoms with Gasteiger partial charge in [-0.25, -0.2) is 0 Å². The number of aromatic nitrogens is 2. The SMILES string of the molecule is COc1cc(-c2ccccn2)no1. The molecule has 0 unspecified atom stereocenters. The van der Waals surface area contributed by atoms with Gasteiger partial charge in [-0.1, -0.05) is 11.2 Å². The molecule has 0 N–H and O–H groups in total. The van der Waals surface area contributed by atoms with Crippen molar-refractivity contribution in [3.05, 3.63) is 30.5 Å². The largest absolute Gasteiger partial charge is 0.467 e. The van der Waals surface area contributed by atoms with Crippen LogP contribution >= 0.6 is 0 Å². The Morgan fingerprint density at radius 2 is 2.23 bits per heavy atom. The highest BCUT2D eigenvalue weighted by molar-refractivity contribution is 5.53. The number of nitrogens with zero attached hydrogens (tertiary/aromatic N) is 2. The highest BCUT2D eigenvalue weighted by Gasteiger charge is 2.05. The van der Waals surface area contributed by atoms with Crippen LogP contribution in [0.3, 0.4) is 0 Å². The van der Waals surface area contributed by atoms with Crippen LogP contribution in [0.1, 0.15) is 0 Å². The summed E-state index contributed by atoms with van der Waals surface area (Å²) in [6.45, 7) is 0. The molecule has 4 heteroatoms. The Labute approximate surface area is 75.2 Å². The molecule has 0 amide bonds. The van der Waals surface area contributed by atoms with E-state index in [-0.39, 0.29) is 0 Å². The van der Waals surface area contributed by atoms with Crippen LogP contribution in [0, 0.1) is 0 Å². The third-order valence-electron chi connectivity index (χ3n) is 1.62. The summed E-state index contributed by atoms with van der Waals surface area (Å²) in [6.07, 6.45) is 1.70. The molecule has 2 rings (SSSR count). The normalized spacial score (nSPS) is 9.92. The van der Waals surface area contributed by atoms with Gasteiger partial charge < -0.3 is 9.26 Å². The van der Waals surface area contributed by atoms with Crippen molar-refractivity contribution in [3.63, 3.8) is 0 Å². The van der Waals surface area contributed by atoms with E-state index in [4.69, 9.17) is 9.26 Å². The molecule has 13 heavy (non-hydrogen) atoms. The van der Waals surface area contributed by atoms with E-state index in [1.807, 2.05) is 18.2 Å². The number of methoxy groups -OCH3 is 1. The molecule has 0 aliphatic carbocycles. The standard InChI is InChI=1S/C9H8N2O2/c1-12-9-6-8(11-13-9)7-4-2-3-5-10-7/h2-6H,1H3. The maximum atomic E-state index is 4.86. The minimum Gasteiger partial charge on any atom is -0.467 e. The summed E-state index contributed by atoms with van der Waals surface area (Å²) in [4.78, 5) is 4.12. The first kappa shape index (κ1) is 7.79. The van der Waals surface area contributed by atoms with Gasteiger partial charge in [-0.05, 0) is 12.1 Å². The van der Waals surface area contributed by atoms with Crippen molar-refractivity contribution in [3.8, 4) is 17.3 Å². The molecule has 0 aliphatic rings. The highest BCUT2D eigenvalue weighted by Crippen LogP contribution is 2.20. The number of pyridine rings is 1. The fourth-order valence-electron chi connectivity index (χ4n) is 0.990. The van der Waals surface area contributed by atoms with Crippen molar-refractivity contribution in [2.24, 2.45) is 0 Å². The lowest BCUT2D eigenvalue weighted by Crippen LogP contribution is -1.80. The average molecular weight is 176 g/mol. The molecule has 0 saturated carbocycles. The molecular weight excluding hydrogens is 168 g/mol. The van der Waals surface area contributed by atoms with Gasteiger partial charge in [-0.3, -0.25) is 4.98 Å². The lowest BCUT2D eigenvalue weighted by molar-refractivity contribution is 0.261. The van der Waals surface area contributed by atoms with Crippen molar-refractivity contribution in [2.45, 2.75) is 0 Å². The fourth-order valence-corrected chi connectivity index (χ4v) is 0.990. The van der Waals surface area contributed by atoms with Crippen molar-refractivity contribution in [1.82, 2.24) is 10.1 Å². The third kappa shape index (κ3) is 1.51. The van der Waals surface area contributed by atoms with Crippen molar-refractivity contribution in [1.29, 1.82) is 0 Å². The first-order valence-electron chi connectivity index (χ1n) is 3.82. The Morgan fingerprint density at radius 3 is 2.85 bits per heavy atom. The van der Waals surface area contributed by atoms with E-state index in [0.29, 0.717) is 11.6 Å². The van der Waals surface area contributed by atoms with Crippen LogP contribution in [0.4, 0.5) is 0 Å². The Morgan fingerprint density at radius 1 is 1.31 bits per heavy atom. The summed E-state index contributed by atoms with van der Waals surface area (Å²) >= 11 is 0. The van der Waals surface area contributed by atoms with Crippen LogP contribution in [-0.4, -0.2) is 17.3 Å². The van der Waals surface area contributed by atoms with Crippen LogP contribution in [-0.2, 0) is 0 Å². The van der Waals surface area contributed by atoms with E-state index < -0.39 is 0 Å². The molecule has 2 aromatic heterocycles. The quantitative estimate of drug-likeness (QED) is 0.699. The number of hydrogen-bond donors (Lipinski definition) is 0. The summed E-state index contributed by atoms with van der Waals surface area (Å²) in [5.41, 5.74) is 1.45. The molecule has 66 valence electrons. The predicted molar refractivity (Wildman–Crippen MR) is 46.3 cm³/mol. The minimum atomic E-state index is 0.389. The summed E-state index contributed by atoms with van der Waals surface area (Å²) < 4.78 is 9.72. The fraction of sp³-hybridized carbons (Fsp3) is 0.111. The van der Waals surface area contributed by atoms with Gasteiger partial charge in [0.2, 0.25) is 0 Å². The van der Waals surface area contributed by atoms with Crippen molar-refractivity contribution < 1.29 is 9.26 Å². The molecule has 0 fully saturated rings. The van der Waals surface area contributed by atoms with Gasteiger partial charge in [0.25, 0.3) is 0 Å². The van der Waals surface area contributed by atoms with Crippen LogP contribution in [0.2, 0.25) is 0 Å². The highest BCUT2D eigenvalue weighted by atomic mass is 16.6. The first-order valence-corrected chi connectivity index (χ1v) is 3.82. The Bertz CT molecular complexity index is 384. The lowest BCUT2D eigenvalue weighted by atomic mass is 10.3. The van der Waals surface area contributed by atoms with Gasteiger partial charge in [0, 0.05) is 6.20 Å². The maximum absolute atomic E-state index is 4.86. The van der Waals surface area contributed by atoms with E-state index in [2.05, 4.69) is 10.1 Å². The Hall–Kier alpha value is -1.84. The van der Waals surface area contributed by atoms with E-state index in [9.17, 15) is 0 Å². The topological polar surface area (TPSA) is 48.2 Å². The number of ether oxygens (including phenoxy) is 1. The molecule has 0 bridgehead atoms. The maximum Gasteiger partial charge on any atom is 0.311 e. The number of hydrogen-bond acceptors (Lipinski definition) is 4. The summed E-state index contributed by atoms with van der Waals surface area (Å²) in [5, 5.41) is 3.79. The second-order valence-corrected chi connectivity index (χ2v) is 2.45. The predicted octanol–water partition coefficient (Wildman–Crippen LogP) is 1.75. The first-order chi connectivity index (χ1) is 6.40. The average Bonchev–Trinajstić information content (AvgIpc) is 2.67. The molecule has 0 saturated heterocycles. The lowest BCUT2D eigenvalue weighted by Gasteiger charge is -1.90. The molecule has 0 aliphatic heterocycles. The smallest absolute Gasteiger partial charge is 0.311 e. The zero-order valence-electron chi connectivity index (χ0n) is 7.10. The van der Waals surface area contributed by atoms with Gasteiger partial charge in [0.1, 0.15) is 5.69 Å². The van der Waals surface area contributed by atoms with Crippen molar-refractivity contribution >= 4 is 0 Å². The molecule has 0 aromatic carbocycles. The Kier molecular flexibility index (Phi) is 1.96. The van der Waals surface area contributed by atoms with E-state index in [1.165, 1.54) is 7.11 Å². The van der Waals surface area contributed by atoms with Gasteiger partial charge in [-0.2, -0.15) is 0 Å². The third-order valence-corrected chi connectivity index (χ3v) is 1.62.